The normalized spacial score (nSPS) is 10.5. The highest BCUT2D eigenvalue weighted by molar-refractivity contribution is 6.33. The van der Waals surface area contributed by atoms with Crippen molar-refractivity contribution in [2.24, 2.45) is 0 Å². The zero-order valence-corrected chi connectivity index (χ0v) is 13.2. The molecular formula is C15H21ClN2O3. The van der Waals surface area contributed by atoms with Crippen molar-refractivity contribution in [2.75, 3.05) is 31.6 Å². The molecule has 1 aromatic carbocycles. The van der Waals surface area contributed by atoms with Gasteiger partial charge in [-0.05, 0) is 32.0 Å². The van der Waals surface area contributed by atoms with Crippen LogP contribution in [-0.4, -0.2) is 43.0 Å². The number of esters is 1. The minimum Gasteiger partial charge on any atom is -0.465 e. The van der Waals surface area contributed by atoms with E-state index >= 15 is 0 Å². The number of halogens is 1. The van der Waals surface area contributed by atoms with Gasteiger partial charge in [-0.1, -0.05) is 30.7 Å². The van der Waals surface area contributed by atoms with Gasteiger partial charge in [-0.15, -0.1) is 0 Å². The first kappa shape index (κ1) is 17.5. The summed E-state index contributed by atoms with van der Waals surface area (Å²) in [6, 6.07) is 7.03. The van der Waals surface area contributed by atoms with Crippen LogP contribution in [0.1, 0.15) is 20.3 Å². The van der Waals surface area contributed by atoms with Gasteiger partial charge in [-0.3, -0.25) is 14.5 Å². The molecule has 21 heavy (non-hydrogen) atoms. The molecule has 0 atom stereocenters. The second-order valence-corrected chi connectivity index (χ2v) is 4.95. The minimum absolute atomic E-state index is 0.109. The predicted octanol–water partition coefficient (Wildman–Crippen LogP) is 2.55. The van der Waals surface area contributed by atoms with E-state index in [0.717, 1.165) is 6.42 Å². The minimum atomic E-state index is -0.323. The molecule has 1 N–H and O–H groups in total. The van der Waals surface area contributed by atoms with Crippen LogP contribution >= 0.6 is 11.6 Å². The van der Waals surface area contributed by atoms with Gasteiger partial charge in [-0.2, -0.15) is 0 Å². The maximum absolute atomic E-state index is 12.0. The standard InChI is InChI=1S/C15H21ClN2O3/c1-3-9-18(11-15(20)21-4-2)10-14(19)17-13-8-6-5-7-12(13)16/h5-8H,3-4,9-11H2,1-2H3,(H,17,19). The fourth-order valence-corrected chi connectivity index (χ4v) is 2.06. The molecule has 0 saturated carbocycles. The average Bonchev–Trinajstić information content (AvgIpc) is 2.41. The maximum Gasteiger partial charge on any atom is 0.320 e. The summed E-state index contributed by atoms with van der Waals surface area (Å²) in [6.45, 7) is 4.96. The van der Waals surface area contributed by atoms with E-state index in [1.54, 1.807) is 36.1 Å². The number of ether oxygens (including phenoxy) is 1. The Kier molecular flexibility index (Phi) is 7.79. The summed E-state index contributed by atoms with van der Waals surface area (Å²) in [6.07, 6.45) is 0.846. The molecule has 0 radical (unpaired) electrons. The Morgan fingerprint density at radius 3 is 2.57 bits per heavy atom. The van der Waals surface area contributed by atoms with Crippen LogP contribution in [0.4, 0.5) is 5.69 Å². The van der Waals surface area contributed by atoms with Gasteiger partial charge in [0.15, 0.2) is 0 Å². The Bertz CT molecular complexity index is 480. The molecule has 0 fully saturated rings. The molecule has 0 heterocycles. The van der Waals surface area contributed by atoms with Crippen LogP contribution in [0.25, 0.3) is 0 Å². The second kappa shape index (κ2) is 9.37. The van der Waals surface area contributed by atoms with E-state index in [1.165, 1.54) is 0 Å². The molecule has 0 aliphatic heterocycles. The quantitative estimate of drug-likeness (QED) is 0.750. The zero-order valence-electron chi connectivity index (χ0n) is 12.4. The number of nitrogens with zero attached hydrogens (tertiary/aromatic N) is 1. The first-order valence-electron chi connectivity index (χ1n) is 6.99. The third-order valence-electron chi connectivity index (χ3n) is 2.71. The van der Waals surface area contributed by atoms with Crippen molar-refractivity contribution >= 4 is 29.2 Å². The molecule has 1 amide bonds. The third kappa shape index (κ3) is 6.60. The summed E-state index contributed by atoms with van der Waals surface area (Å²) < 4.78 is 4.90. The van der Waals surface area contributed by atoms with E-state index in [1.807, 2.05) is 6.92 Å². The Hall–Kier alpha value is -1.59. The van der Waals surface area contributed by atoms with Gasteiger partial charge in [0, 0.05) is 0 Å². The molecule has 0 aliphatic rings. The van der Waals surface area contributed by atoms with Crippen molar-refractivity contribution in [1.82, 2.24) is 4.90 Å². The molecule has 6 heteroatoms. The number of rotatable bonds is 8. The van der Waals surface area contributed by atoms with Crippen molar-refractivity contribution in [3.63, 3.8) is 0 Å². The van der Waals surface area contributed by atoms with Crippen LogP contribution in [-0.2, 0) is 14.3 Å². The van der Waals surface area contributed by atoms with E-state index in [4.69, 9.17) is 16.3 Å². The number of hydrogen-bond donors (Lipinski definition) is 1. The fraction of sp³-hybridized carbons (Fsp3) is 0.467. The van der Waals surface area contributed by atoms with Crippen LogP contribution < -0.4 is 5.32 Å². The fourth-order valence-electron chi connectivity index (χ4n) is 1.87. The molecule has 5 nitrogen and oxygen atoms in total. The largest absolute Gasteiger partial charge is 0.465 e. The second-order valence-electron chi connectivity index (χ2n) is 4.54. The highest BCUT2D eigenvalue weighted by Crippen LogP contribution is 2.20. The number of para-hydroxylation sites is 1. The lowest BCUT2D eigenvalue weighted by molar-refractivity contribution is -0.144. The maximum atomic E-state index is 12.0. The summed E-state index contributed by atoms with van der Waals surface area (Å²) >= 11 is 5.99. The third-order valence-corrected chi connectivity index (χ3v) is 3.04. The summed E-state index contributed by atoms with van der Waals surface area (Å²) in [4.78, 5) is 25.3. The number of carbonyl (C=O) groups is 2. The highest BCUT2D eigenvalue weighted by atomic mass is 35.5. The van der Waals surface area contributed by atoms with Crippen LogP contribution in [0.2, 0.25) is 5.02 Å². The zero-order chi connectivity index (χ0) is 15.7. The van der Waals surface area contributed by atoms with Gasteiger partial charge in [0.1, 0.15) is 0 Å². The van der Waals surface area contributed by atoms with Gasteiger partial charge in [0.2, 0.25) is 5.91 Å². The first-order chi connectivity index (χ1) is 10.1. The lowest BCUT2D eigenvalue weighted by Crippen LogP contribution is -2.38. The summed E-state index contributed by atoms with van der Waals surface area (Å²) in [5.74, 6) is -0.530. The summed E-state index contributed by atoms with van der Waals surface area (Å²) in [7, 11) is 0. The lowest BCUT2D eigenvalue weighted by atomic mass is 10.3. The Morgan fingerprint density at radius 2 is 1.95 bits per heavy atom. The molecule has 1 rings (SSSR count). The molecule has 0 bridgehead atoms. The average molecular weight is 313 g/mol. The monoisotopic (exact) mass is 312 g/mol. The number of carbonyl (C=O) groups excluding carboxylic acids is 2. The van der Waals surface area contributed by atoms with Crippen molar-refractivity contribution in [3.05, 3.63) is 29.3 Å². The topological polar surface area (TPSA) is 58.6 Å². The van der Waals surface area contributed by atoms with E-state index < -0.39 is 0 Å². The van der Waals surface area contributed by atoms with Crippen LogP contribution in [0.5, 0.6) is 0 Å². The first-order valence-corrected chi connectivity index (χ1v) is 7.37. The van der Waals surface area contributed by atoms with E-state index in [2.05, 4.69) is 5.32 Å². The van der Waals surface area contributed by atoms with Gasteiger partial charge in [0.25, 0.3) is 0 Å². The molecule has 0 unspecified atom stereocenters. The Labute approximate surface area is 130 Å². The molecule has 0 aromatic heterocycles. The van der Waals surface area contributed by atoms with E-state index in [0.29, 0.717) is 23.9 Å². The molecule has 0 spiro atoms. The molecule has 0 saturated heterocycles. The van der Waals surface area contributed by atoms with E-state index in [9.17, 15) is 9.59 Å². The molecule has 116 valence electrons. The Morgan fingerprint density at radius 1 is 1.24 bits per heavy atom. The smallest absolute Gasteiger partial charge is 0.320 e. The number of amides is 1. The van der Waals surface area contributed by atoms with Gasteiger partial charge >= 0.3 is 5.97 Å². The molecule has 0 aliphatic carbocycles. The van der Waals surface area contributed by atoms with Crippen molar-refractivity contribution < 1.29 is 14.3 Å². The molecule has 1 aromatic rings. The van der Waals surface area contributed by atoms with Crippen LogP contribution in [0.15, 0.2) is 24.3 Å². The number of anilines is 1. The summed E-state index contributed by atoms with van der Waals surface area (Å²) in [5.41, 5.74) is 0.566. The van der Waals surface area contributed by atoms with Gasteiger partial charge in [0.05, 0.1) is 30.4 Å². The van der Waals surface area contributed by atoms with Crippen LogP contribution in [0.3, 0.4) is 0 Å². The number of nitrogens with one attached hydrogen (secondary N) is 1. The summed E-state index contributed by atoms with van der Waals surface area (Å²) in [5, 5.41) is 3.22. The Balaban J connectivity index is 2.56. The highest BCUT2D eigenvalue weighted by Gasteiger charge is 2.15. The number of hydrogen-bond acceptors (Lipinski definition) is 4. The van der Waals surface area contributed by atoms with Crippen molar-refractivity contribution in [3.8, 4) is 0 Å². The van der Waals surface area contributed by atoms with Gasteiger partial charge in [-0.25, -0.2) is 0 Å². The SMILES string of the molecule is CCCN(CC(=O)Nc1ccccc1Cl)CC(=O)OCC. The van der Waals surface area contributed by atoms with Gasteiger partial charge < -0.3 is 10.1 Å². The lowest BCUT2D eigenvalue weighted by Gasteiger charge is -2.20. The van der Waals surface area contributed by atoms with Crippen molar-refractivity contribution in [1.29, 1.82) is 0 Å². The molecular weight excluding hydrogens is 292 g/mol. The van der Waals surface area contributed by atoms with Crippen LogP contribution in [0, 0.1) is 0 Å². The predicted molar refractivity (Wildman–Crippen MR) is 83.4 cm³/mol. The van der Waals surface area contributed by atoms with Crippen molar-refractivity contribution in [2.45, 2.75) is 20.3 Å². The van der Waals surface area contributed by atoms with E-state index in [-0.39, 0.29) is 25.0 Å². The number of benzene rings is 1.